The van der Waals surface area contributed by atoms with Gasteiger partial charge in [-0.3, -0.25) is 4.79 Å². The molecule has 2 heterocycles. The molecule has 0 spiro atoms. The van der Waals surface area contributed by atoms with Crippen LogP contribution in [0.1, 0.15) is 30.4 Å². The molecule has 110 valence electrons. The Bertz CT molecular complexity index is 521. The number of nitrogens with one attached hydrogen (secondary N) is 1. The Kier molecular flexibility index (Phi) is 4.19. The van der Waals surface area contributed by atoms with Gasteiger partial charge in [0.2, 0.25) is 0 Å². The van der Waals surface area contributed by atoms with Gasteiger partial charge in [-0.1, -0.05) is 22.9 Å². The lowest BCUT2D eigenvalue weighted by Crippen LogP contribution is -2.60. The van der Waals surface area contributed by atoms with Gasteiger partial charge in [0, 0.05) is 13.1 Å². The smallest absolute Gasteiger partial charge is 0.407 e. The molecule has 0 aromatic carbocycles. The largest absolute Gasteiger partial charge is 0.444 e. The fourth-order valence-electron chi connectivity index (χ4n) is 1.71. The lowest BCUT2D eigenvalue weighted by Gasteiger charge is -2.39. The third-order valence-corrected chi connectivity index (χ3v) is 4.02. The summed E-state index contributed by atoms with van der Waals surface area (Å²) in [5, 5.41) is 3.70. The van der Waals surface area contributed by atoms with Gasteiger partial charge >= 0.3 is 6.09 Å². The molecule has 6 nitrogen and oxygen atoms in total. The first-order valence-electron chi connectivity index (χ1n) is 6.14. The molecule has 1 N–H and O–H groups in total. The van der Waals surface area contributed by atoms with Crippen molar-refractivity contribution >= 4 is 40.4 Å². The van der Waals surface area contributed by atoms with Crippen LogP contribution in [0.15, 0.2) is 0 Å². The first kappa shape index (κ1) is 15.1. The number of amides is 1. The van der Waals surface area contributed by atoms with Crippen LogP contribution in [0.4, 0.5) is 9.93 Å². The summed E-state index contributed by atoms with van der Waals surface area (Å²) < 4.78 is 5.18. The number of halogens is 1. The van der Waals surface area contributed by atoms with Crippen molar-refractivity contribution in [3.05, 3.63) is 10.0 Å². The molecule has 0 atom stereocenters. The van der Waals surface area contributed by atoms with Crippen molar-refractivity contribution < 1.29 is 14.3 Å². The lowest BCUT2D eigenvalue weighted by atomic mass is 10.1. The molecule has 1 saturated heterocycles. The van der Waals surface area contributed by atoms with E-state index in [1.54, 1.807) is 0 Å². The minimum atomic E-state index is -0.505. The number of carbonyl (C=O) groups excluding carboxylic acids is 2. The summed E-state index contributed by atoms with van der Waals surface area (Å²) in [5.74, 6) is 0. The second-order valence-electron chi connectivity index (χ2n) is 5.52. The highest BCUT2D eigenvalue weighted by molar-refractivity contribution is 7.17. The van der Waals surface area contributed by atoms with Crippen molar-refractivity contribution in [1.29, 1.82) is 0 Å². The maximum Gasteiger partial charge on any atom is 0.407 e. The maximum absolute atomic E-state index is 11.6. The van der Waals surface area contributed by atoms with Crippen LogP contribution in [-0.2, 0) is 4.74 Å². The van der Waals surface area contributed by atoms with E-state index in [1.165, 1.54) is 11.3 Å². The monoisotopic (exact) mass is 317 g/mol. The SMILES string of the molecule is CC(C)(C)OC(=O)NC1CN(c2nc(Cl)c(C=O)s2)C1. The van der Waals surface area contributed by atoms with Crippen LogP contribution < -0.4 is 10.2 Å². The molecule has 1 aromatic rings. The number of hydrogen-bond acceptors (Lipinski definition) is 6. The molecule has 0 aliphatic carbocycles. The molecule has 1 fully saturated rings. The van der Waals surface area contributed by atoms with Gasteiger partial charge in [-0.25, -0.2) is 9.78 Å². The van der Waals surface area contributed by atoms with Gasteiger partial charge in [0.1, 0.15) is 10.5 Å². The van der Waals surface area contributed by atoms with E-state index in [-0.39, 0.29) is 11.2 Å². The summed E-state index contributed by atoms with van der Waals surface area (Å²) in [4.78, 5) is 28.8. The highest BCUT2D eigenvalue weighted by Crippen LogP contribution is 2.30. The third kappa shape index (κ3) is 3.61. The van der Waals surface area contributed by atoms with Crippen molar-refractivity contribution in [3.8, 4) is 0 Å². The van der Waals surface area contributed by atoms with E-state index in [1.807, 2.05) is 25.7 Å². The van der Waals surface area contributed by atoms with E-state index in [0.29, 0.717) is 29.4 Å². The van der Waals surface area contributed by atoms with E-state index in [4.69, 9.17) is 16.3 Å². The zero-order chi connectivity index (χ0) is 14.9. The maximum atomic E-state index is 11.6. The number of hydrogen-bond donors (Lipinski definition) is 1. The van der Waals surface area contributed by atoms with Gasteiger partial charge in [0.15, 0.2) is 16.6 Å². The molecule has 0 unspecified atom stereocenters. The highest BCUT2D eigenvalue weighted by Gasteiger charge is 2.32. The Hall–Kier alpha value is -1.34. The van der Waals surface area contributed by atoms with E-state index in [9.17, 15) is 9.59 Å². The van der Waals surface area contributed by atoms with E-state index in [0.717, 1.165) is 0 Å². The molecule has 1 aliphatic heterocycles. The van der Waals surface area contributed by atoms with Crippen LogP contribution in [0, 0.1) is 0 Å². The van der Waals surface area contributed by atoms with Gasteiger partial charge < -0.3 is 15.0 Å². The van der Waals surface area contributed by atoms with E-state index < -0.39 is 11.7 Å². The van der Waals surface area contributed by atoms with Crippen LogP contribution in [0.2, 0.25) is 5.15 Å². The molecule has 1 amide bonds. The standard InChI is InChI=1S/C12H16ClN3O3S/c1-12(2,3)19-11(18)14-7-4-16(5-7)10-15-9(13)8(6-17)20-10/h6-7H,4-5H2,1-3H3,(H,14,18). The van der Waals surface area contributed by atoms with Crippen molar-refractivity contribution in [3.63, 3.8) is 0 Å². The Morgan fingerprint density at radius 1 is 1.55 bits per heavy atom. The number of alkyl carbamates (subject to hydrolysis) is 1. The quantitative estimate of drug-likeness (QED) is 0.866. The second kappa shape index (κ2) is 5.57. The number of anilines is 1. The lowest BCUT2D eigenvalue weighted by molar-refractivity contribution is 0.0496. The first-order chi connectivity index (χ1) is 9.28. The number of rotatable bonds is 3. The summed E-state index contributed by atoms with van der Waals surface area (Å²) in [6.07, 6.45) is 0.271. The molecule has 0 bridgehead atoms. The van der Waals surface area contributed by atoms with Crippen LogP contribution in [0.5, 0.6) is 0 Å². The molecular weight excluding hydrogens is 302 g/mol. The van der Waals surface area contributed by atoms with Crippen molar-refractivity contribution in [2.45, 2.75) is 32.4 Å². The number of thiazole rings is 1. The zero-order valence-electron chi connectivity index (χ0n) is 11.5. The Labute approximate surface area is 126 Å². The number of nitrogens with zero attached hydrogens (tertiary/aromatic N) is 2. The fraction of sp³-hybridized carbons (Fsp3) is 0.583. The molecule has 2 rings (SSSR count). The molecule has 1 aliphatic rings. The van der Waals surface area contributed by atoms with Gasteiger partial charge in [0.25, 0.3) is 0 Å². The molecular formula is C12H16ClN3O3S. The van der Waals surface area contributed by atoms with Crippen LogP contribution >= 0.6 is 22.9 Å². The average Bonchev–Trinajstić information content (AvgIpc) is 2.61. The summed E-state index contributed by atoms with van der Waals surface area (Å²) in [7, 11) is 0. The fourth-order valence-corrected chi connectivity index (χ4v) is 2.79. The molecule has 0 saturated carbocycles. The van der Waals surface area contributed by atoms with Crippen LogP contribution in [0.3, 0.4) is 0 Å². The van der Waals surface area contributed by atoms with Crippen molar-refractivity contribution in [2.75, 3.05) is 18.0 Å². The molecule has 8 heteroatoms. The van der Waals surface area contributed by atoms with Gasteiger partial charge in [-0.15, -0.1) is 0 Å². The van der Waals surface area contributed by atoms with Crippen LogP contribution in [0.25, 0.3) is 0 Å². The van der Waals surface area contributed by atoms with Gasteiger partial charge in [-0.2, -0.15) is 0 Å². The number of aldehydes is 1. The number of carbonyl (C=O) groups is 2. The normalized spacial score (nSPS) is 15.7. The van der Waals surface area contributed by atoms with Gasteiger partial charge in [-0.05, 0) is 20.8 Å². The predicted molar refractivity (Wildman–Crippen MR) is 77.9 cm³/mol. The molecule has 20 heavy (non-hydrogen) atoms. The topological polar surface area (TPSA) is 71.5 Å². The zero-order valence-corrected chi connectivity index (χ0v) is 13.0. The van der Waals surface area contributed by atoms with E-state index in [2.05, 4.69) is 10.3 Å². The number of ether oxygens (including phenoxy) is 1. The third-order valence-electron chi connectivity index (χ3n) is 2.58. The van der Waals surface area contributed by atoms with Crippen molar-refractivity contribution in [2.24, 2.45) is 0 Å². The van der Waals surface area contributed by atoms with E-state index >= 15 is 0 Å². The highest BCUT2D eigenvalue weighted by atomic mass is 35.5. The first-order valence-corrected chi connectivity index (χ1v) is 7.34. The predicted octanol–water partition coefficient (Wildman–Crippen LogP) is 2.32. The van der Waals surface area contributed by atoms with Gasteiger partial charge in [0.05, 0.1) is 6.04 Å². The summed E-state index contributed by atoms with van der Waals surface area (Å²) >= 11 is 7.06. The Balaban J connectivity index is 1.82. The summed E-state index contributed by atoms with van der Waals surface area (Å²) in [6, 6.07) is 0.0206. The second-order valence-corrected chi connectivity index (χ2v) is 6.88. The molecule has 0 radical (unpaired) electrons. The average molecular weight is 318 g/mol. The minimum absolute atomic E-state index is 0.0206. The Morgan fingerprint density at radius 3 is 2.70 bits per heavy atom. The van der Waals surface area contributed by atoms with Crippen molar-refractivity contribution in [1.82, 2.24) is 10.3 Å². The summed E-state index contributed by atoms with van der Waals surface area (Å²) in [6.45, 7) is 6.71. The van der Waals surface area contributed by atoms with Crippen LogP contribution in [-0.4, -0.2) is 42.1 Å². The summed E-state index contributed by atoms with van der Waals surface area (Å²) in [5.41, 5.74) is -0.505. The Morgan fingerprint density at radius 2 is 2.20 bits per heavy atom. The minimum Gasteiger partial charge on any atom is -0.444 e. The molecule has 1 aromatic heterocycles. The number of aromatic nitrogens is 1.